The number of carbonyl (C=O) groups is 1. The molecule has 0 radical (unpaired) electrons. The van der Waals surface area contributed by atoms with Crippen LogP contribution in [0.4, 0.5) is 10.5 Å². The molecule has 1 aromatic carbocycles. The van der Waals surface area contributed by atoms with Crippen molar-refractivity contribution in [3.8, 4) is 0 Å². The van der Waals surface area contributed by atoms with Gasteiger partial charge in [-0.2, -0.15) is 0 Å². The number of alkyl carbamates (subject to hydrolysis) is 1. The van der Waals surface area contributed by atoms with Gasteiger partial charge in [-0.25, -0.2) is 4.79 Å². The van der Waals surface area contributed by atoms with Gasteiger partial charge in [0.2, 0.25) is 0 Å². The van der Waals surface area contributed by atoms with Gasteiger partial charge in [0.25, 0.3) is 0 Å². The van der Waals surface area contributed by atoms with Gasteiger partial charge in [0.15, 0.2) is 0 Å². The van der Waals surface area contributed by atoms with Gasteiger partial charge in [0, 0.05) is 5.69 Å². The number of rotatable bonds is 4. The quantitative estimate of drug-likeness (QED) is 0.693. The molecule has 0 aliphatic heterocycles. The van der Waals surface area contributed by atoms with Crippen LogP contribution in [0.3, 0.4) is 0 Å². The van der Waals surface area contributed by atoms with E-state index in [9.17, 15) is 9.90 Å². The topological polar surface area (TPSA) is 84.6 Å². The number of nitrogens with one attached hydrogen (secondary N) is 1. The summed E-state index contributed by atoms with van der Waals surface area (Å²) in [6.45, 7) is 3.63. The summed E-state index contributed by atoms with van der Waals surface area (Å²) in [6.07, 6.45) is -1.48. The van der Waals surface area contributed by atoms with Crippen LogP contribution in [-0.2, 0) is 4.74 Å². The highest BCUT2D eigenvalue weighted by Crippen LogP contribution is 2.13. The molecule has 1 amide bonds. The third-order valence-corrected chi connectivity index (χ3v) is 2.10. The van der Waals surface area contributed by atoms with E-state index < -0.39 is 12.2 Å². The fourth-order valence-electron chi connectivity index (χ4n) is 1.27. The fraction of sp³-hybridized carbons (Fsp3) is 0.417. The molecule has 0 fully saturated rings. The van der Waals surface area contributed by atoms with Gasteiger partial charge in [0.1, 0.15) is 0 Å². The van der Waals surface area contributed by atoms with Crippen LogP contribution in [0.1, 0.15) is 25.5 Å². The molecule has 0 saturated heterocycles. The lowest BCUT2D eigenvalue weighted by Gasteiger charge is -2.13. The van der Waals surface area contributed by atoms with Crippen molar-refractivity contribution in [1.82, 2.24) is 5.32 Å². The molecule has 5 heteroatoms. The molecule has 1 unspecified atom stereocenters. The zero-order valence-corrected chi connectivity index (χ0v) is 10.0. The number of benzene rings is 1. The Hall–Kier alpha value is -1.75. The molecular weight excluding hydrogens is 220 g/mol. The molecule has 0 heterocycles. The van der Waals surface area contributed by atoms with Crippen molar-refractivity contribution in [2.75, 3.05) is 12.3 Å². The van der Waals surface area contributed by atoms with E-state index in [0.29, 0.717) is 11.3 Å². The number of aliphatic hydroxyl groups is 1. The van der Waals surface area contributed by atoms with E-state index in [4.69, 9.17) is 10.5 Å². The van der Waals surface area contributed by atoms with Crippen molar-refractivity contribution >= 4 is 11.8 Å². The first-order valence-electron chi connectivity index (χ1n) is 5.47. The smallest absolute Gasteiger partial charge is 0.407 e. The molecule has 0 aliphatic carbocycles. The minimum atomic E-state index is -0.768. The Morgan fingerprint density at radius 1 is 1.41 bits per heavy atom. The summed E-state index contributed by atoms with van der Waals surface area (Å²) in [5, 5.41) is 12.3. The second-order valence-corrected chi connectivity index (χ2v) is 4.02. The first kappa shape index (κ1) is 13.3. The Morgan fingerprint density at radius 3 is 2.53 bits per heavy atom. The maximum absolute atomic E-state index is 11.2. The number of nitrogens with two attached hydrogens (primary N) is 1. The zero-order valence-electron chi connectivity index (χ0n) is 10.0. The molecule has 94 valence electrons. The molecule has 1 aromatic rings. The number of hydrogen-bond acceptors (Lipinski definition) is 4. The number of amides is 1. The summed E-state index contributed by atoms with van der Waals surface area (Å²) in [7, 11) is 0. The highest BCUT2D eigenvalue weighted by Gasteiger charge is 2.10. The summed E-state index contributed by atoms with van der Waals surface area (Å²) >= 11 is 0. The Bertz CT molecular complexity index is 363. The first-order valence-corrected chi connectivity index (χ1v) is 5.47. The van der Waals surface area contributed by atoms with Crippen LogP contribution in [-0.4, -0.2) is 23.8 Å². The van der Waals surface area contributed by atoms with Crippen molar-refractivity contribution in [3.63, 3.8) is 0 Å². The maximum atomic E-state index is 11.2. The van der Waals surface area contributed by atoms with Gasteiger partial charge in [-0.15, -0.1) is 0 Å². The molecule has 4 N–H and O–H groups in total. The van der Waals surface area contributed by atoms with Crippen LogP contribution < -0.4 is 11.1 Å². The number of ether oxygens (including phenoxy) is 1. The van der Waals surface area contributed by atoms with Crippen LogP contribution >= 0.6 is 0 Å². The average Bonchev–Trinajstić information content (AvgIpc) is 2.26. The molecular formula is C12H18N2O3. The third-order valence-electron chi connectivity index (χ3n) is 2.10. The van der Waals surface area contributed by atoms with Crippen LogP contribution in [0.15, 0.2) is 24.3 Å². The lowest BCUT2D eigenvalue weighted by atomic mass is 10.1. The highest BCUT2D eigenvalue weighted by molar-refractivity contribution is 5.67. The van der Waals surface area contributed by atoms with Crippen molar-refractivity contribution in [2.24, 2.45) is 0 Å². The minimum absolute atomic E-state index is 0.107. The third kappa shape index (κ3) is 4.74. The Labute approximate surface area is 101 Å². The van der Waals surface area contributed by atoms with Crippen molar-refractivity contribution in [3.05, 3.63) is 29.8 Å². The molecule has 17 heavy (non-hydrogen) atoms. The molecule has 0 aromatic heterocycles. The second-order valence-electron chi connectivity index (χ2n) is 4.02. The summed E-state index contributed by atoms with van der Waals surface area (Å²) in [5.41, 5.74) is 6.86. The normalized spacial score (nSPS) is 12.2. The van der Waals surface area contributed by atoms with Crippen LogP contribution in [0.2, 0.25) is 0 Å². The van der Waals surface area contributed by atoms with Gasteiger partial charge >= 0.3 is 6.09 Å². The summed E-state index contributed by atoms with van der Waals surface area (Å²) < 4.78 is 4.87. The molecule has 0 aliphatic rings. The molecule has 1 rings (SSSR count). The summed E-state index contributed by atoms with van der Waals surface area (Å²) in [4.78, 5) is 11.2. The predicted molar refractivity (Wildman–Crippen MR) is 65.4 cm³/mol. The van der Waals surface area contributed by atoms with Crippen molar-refractivity contribution in [2.45, 2.75) is 26.1 Å². The average molecular weight is 238 g/mol. The van der Waals surface area contributed by atoms with E-state index in [1.165, 1.54) is 0 Å². The first-order chi connectivity index (χ1) is 7.99. The van der Waals surface area contributed by atoms with Crippen LogP contribution in [0.25, 0.3) is 0 Å². The van der Waals surface area contributed by atoms with Gasteiger partial charge < -0.3 is 20.9 Å². The zero-order chi connectivity index (χ0) is 12.8. The monoisotopic (exact) mass is 238 g/mol. The molecule has 0 bridgehead atoms. The molecule has 5 nitrogen and oxygen atoms in total. The second kappa shape index (κ2) is 6.10. The SMILES string of the molecule is CC(C)OC(=O)NCC(O)c1ccc(N)cc1. The van der Waals surface area contributed by atoms with Gasteiger partial charge in [-0.3, -0.25) is 0 Å². The van der Waals surface area contributed by atoms with Crippen molar-refractivity contribution in [1.29, 1.82) is 0 Å². The van der Waals surface area contributed by atoms with E-state index >= 15 is 0 Å². The van der Waals surface area contributed by atoms with Crippen LogP contribution in [0, 0.1) is 0 Å². The lowest BCUT2D eigenvalue weighted by Crippen LogP contribution is -2.30. The van der Waals surface area contributed by atoms with Crippen molar-refractivity contribution < 1.29 is 14.6 Å². The fourth-order valence-corrected chi connectivity index (χ4v) is 1.27. The summed E-state index contributed by atoms with van der Waals surface area (Å²) in [6, 6.07) is 6.83. The van der Waals surface area contributed by atoms with E-state index in [0.717, 1.165) is 0 Å². The van der Waals surface area contributed by atoms with E-state index in [-0.39, 0.29) is 12.6 Å². The minimum Gasteiger partial charge on any atom is -0.447 e. The number of nitrogen functional groups attached to an aromatic ring is 1. The van der Waals surface area contributed by atoms with Gasteiger partial charge in [0.05, 0.1) is 18.8 Å². The lowest BCUT2D eigenvalue weighted by molar-refractivity contribution is 0.106. The van der Waals surface area contributed by atoms with Gasteiger partial charge in [-0.1, -0.05) is 12.1 Å². The van der Waals surface area contributed by atoms with E-state index in [1.54, 1.807) is 38.1 Å². The van der Waals surface area contributed by atoms with E-state index in [2.05, 4.69) is 5.32 Å². The van der Waals surface area contributed by atoms with Gasteiger partial charge in [-0.05, 0) is 31.5 Å². The Kier molecular flexibility index (Phi) is 4.78. The number of hydrogen-bond donors (Lipinski definition) is 3. The Morgan fingerprint density at radius 2 is 2.00 bits per heavy atom. The number of carbonyl (C=O) groups excluding carboxylic acids is 1. The largest absolute Gasteiger partial charge is 0.447 e. The van der Waals surface area contributed by atoms with Crippen LogP contribution in [0.5, 0.6) is 0 Å². The standard InChI is InChI=1S/C12H18N2O3/c1-8(2)17-12(16)14-7-11(15)9-3-5-10(13)6-4-9/h3-6,8,11,15H,7,13H2,1-2H3,(H,14,16). The number of anilines is 1. The Balaban J connectivity index is 2.42. The highest BCUT2D eigenvalue weighted by atomic mass is 16.6. The molecule has 0 saturated carbocycles. The van der Waals surface area contributed by atoms with E-state index in [1.807, 2.05) is 0 Å². The summed E-state index contributed by atoms with van der Waals surface area (Å²) in [5.74, 6) is 0. The predicted octanol–water partition coefficient (Wildman–Crippen LogP) is 1.44. The molecule has 0 spiro atoms. The number of aliphatic hydroxyl groups excluding tert-OH is 1. The maximum Gasteiger partial charge on any atom is 0.407 e. The molecule has 1 atom stereocenters.